The molecule has 0 aromatic heterocycles. The van der Waals surface area contributed by atoms with Gasteiger partial charge in [0, 0.05) is 0 Å². The highest BCUT2D eigenvalue weighted by molar-refractivity contribution is 4.55. The zero-order valence-electron chi connectivity index (χ0n) is 6.02. The molecule has 1 aliphatic heterocycles. The molecule has 0 saturated carbocycles. The Morgan fingerprint density at radius 3 is 1.73 bits per heavy atom. The van der Waals surface area contributed by atoms with E-state index in [0.717, 1.165) is 6.42 Å². The smallest absolute Gasteiger partial charge is 0.561 e. The molecule has 0 radical (unpaired) electrons. The summed E-state index contributed by atoms with van der Waals surface area (Å²) < 4.78 is 34.0. The molecule has 11 heavy (non-hydrogen) atoms. The van der Waals surface area contributed by atoms with Crippen LogP contribution in [0, 0.1) is 5.21 Å². The van der Waals surface area contributed by atoms with Crippen molar-refractivity contribution in [1.29, 1.82) is 0 Å². The van der Waals surface area contributed by atoms with Gasteiger partial charge >= 0.3 is 6.30 Å². The second-order valence-corrected chi connectivity index (χ2v) is 2.87. The number of nitrogens with zero attached hydrogens (tertiary/aromatic N) is 1. The van der Waals surface area contributed by atoms with Crippen LogP contribution in [-0.4, -0.2) is 24.0 Å². The molecular formula is C6H10F3NO. The van der Waals surface area contributed by atoms with E-state index in [1.807, 2.05) is 0 Å². The number of hydrogen-bond acceptors (Lipinski definition) is 1. The first kappa shape index (κ1) is 8.80. The number of quaternary nitrogens is 1. The Balaban J connectivity index is 2.64. The molecule has 0 spiro atoms. The lowest BCUT2D eigenvalue weighted by Crippen LogP contribution is -2.55. The van der Waals surface area contributed by atoms with Crippen molar-refractivity contribution in [2.45, 2.75) is 25.6 Å². The lowest BCUT2D eigenvalue weighted by molar-refractivity contribution is -0.991. The summed E-state index contributed by atoms with van der Waals surface area (Å²) in [6, 6.07) is 0. The Labute approximate surface area is 62.8 Å². The van der Waals surface area contributed by atoms with Gasteiger partial charge < -0.3 is 5.21 Å². The molecule has 0 aromatic carbocycles. The van der Waals surface area contributed by atoms with Crippen LogP contribution >= 0.6 is 0 Å². The molecule has 0 N–H and O–H groups in total. The summed E-state index contributed by atoms with van der Waals surface area (Å²) >= 11 is 0. The summed E-state index contributed by atoms with van der Waals surface area (Å²) in [4.78, 5) is 0. The first-order chi connectivity index (χ1) is 4.96. The Kier molecular flexibility index (Phi) is 2.11. The quantitative estimate of drug-likeness (QED) is 0.309. The third-order valence-electron chi connectivity index (χ3n) is 2.00. The lowest BCUT2D eigenvalue weighted by atomic mass is 10.1. The maximum absolute atomic E-state index is 12.0. The van der Waals surface area contributed by atoms with Crippen molar-refractivity contribution < 1.29 is 17.8 Å². The molecule has 1 rings (SSSR count). The maximum atomic E-state index is 12.0. The molecule has 1 fully saturated rings. The number of halogens is 3. The van der Waals surface area contributed by atoms with E-state index in [-0.39, 0.29) is 13.1 Å². The molecule has 0 atom stereocenters. The van der Waals surface area contributed by atoms with E-state index in [2.05, 4.69) is 0 Å². The minimum atomic E-state index is -4.61. The Hall–Kier alpha value is -0.290. The molecule has 0 unspecified atom stereocenters. The van der Waals surface area contributed by atoms with E-state index in [0.29, 0.717) is 12.8 Å². The second kappa shape index (κ2) is 2.64. The zero-order valence-corrected chi connectivity index (χ0v) is 6.02. The van der Waals surface area contributed by atoms with Crippen molar-refractivity contribution in [3.05, 3.63) is 5.21 Å². The average Bonchev–Trinajstić information content (AvgIpc) is 1.87. The molecule has 5 heteroatoms. The molecule has 0 bridgehead atoms. The molecule has 66 valence electrons. The van der Waals surface area contributed by atoms with E-state index >= 15 is 0 Å². The first-order valence-electron chi connectivity index (χ1n) is 3.61. The number of likely N-dealkylation sites (tertiary alicyclic amines) is 1. The van der Waals surface area contributed by atoms with Crippen LogP contribution in [0.4, 0.5) is 13.2 Å². The van der Waals surface area contributed by atoms with Crippen LogP contribution in [-0.2, 0) is 0 Å². The van der Waals surface area contributed by atoms with E-state index in [1.165, 1.54) is 0 Å². The number of rotatable bonds is 0. The highest BCUT2D eigenvalue weighted by Crippen LogP contribution is 2.32. The van der Waals surface area contributed by atoms with Gasteiger partial charge in [-0.2, -0.15) is 0 Å². The van der Waals surface area contributed by atoms with Crippen LogP contribution in [0.3, 0.4) is 0 Å². The molecule has 2 nitrogen and oxygen atoms in total. The largest absolute Gasteiger partial charge is 0.626 e. The zero-order chi connectivity index (χ0) is 8.54. The van der Waals surface area contributed by atoms with Crippen LogP contribution in [0.15, 0.2) is 0 Å². The number of hydrogen-bond donors (Lipinski definition) is 0. The van der Waals surface area contributed by atoms with Gasteiger partial charge in [0.25, 0.3) is 0 Å². The summed E-state index contributed by atoms with van der Waals surface area (Å²) in [5.41, 5.74) is 0. The number of piperidine rings is 1. The minimum absolute atomic E-state index is 0.302. The van der Waals surface area contributed by atoms with E-state index in [9.17, 15) is 18.4 Å². The van der Waals surface area contributed by atoms with Crippen molar-refractivity contribution >= 4 is 0 Å². The van der Waals surface area contributed by atoms with Gasteiger partial charge in [0.1, 0.15) is 0 Å². The van der Waals surface area contributed by atoms with Gasteiger partial charge in [0.15, 0.2) is 0 Å². The molecule has 1 aliphatic rings. The molecule has 1 saturated heterocycles. The van der Waals surface area contributed by atoms with Crippen LogP contribution in [0.2, 0.25) is 0 Å². The Morgan fingerprint density at radius 2 is 1.45 bits per heavy atom. The third kappa shape index (κ3) is 1.65. The summed E-state index contributed by atoms with van der Waals surface area (Å²) in [6.07, 6.45) is -3.08. The van der Waals surface area contributed by atoms with Crippen LogP contribution in [0.1, 0.15) is 19.3 Å². The Bertz CT molecular complexity index is 139. The van der Waals surface area contributed by atoms with E-state index < -0.39 is 10.9 Å². The van der Waals surface area contributed by atoms with Gasteiger partial charge in [-0.3, -0.25) is 4.65 Å². The van der Waals surface area contributed by atoms with Crippen molar-refractivity contribution in [1.82, 2.24) is 0 Å². The van der Waals surface area contributed by atoms with Crippen molar-refractivity contribution in [2.75, 3.05) is 13.1 Å². The normalized spacial score (nSPS) is 25.1. The fraction of sp³-hybridized carbons (Fsp3) is 1.00. The van der Waals surface area contributed by atoms with Crippen LogP contribution < -0.4 is 0 Å². The molecule has 0 aromatic rings. The monoisotopic (exact) mass is 169 g/mol. The lowest BCUT2D eigenvalue weighted by Gasteiger charge is -2.44. The fourth-order valence-corrected chi connectivity index (χ4v) is 1.28. The topological polar surface area (TPSA) is 23.1 Å². The van der Waals surface area contributed by atoms with Crippen molar-refractivity contribution in [3.8, 4) is 0 Å². The average molecular weight is 169 g/mol. The summed E-state index contributed by atoms with van der Waals surface area (Å²) in [5.74, 6) is 0. The number of hydroxylamine groups is 3. The summed E-state index contributed by atoms with van der Waals surface area (Å²) in [6.45, 7) is -0.604. The van der Waals surface area contributed by atoms with Gasteiger partial charge in [-0.05, 0) is 19.3 Å². The summed E-state index contributed by atoms with van der Waals surface area (Å²) in [7, 11) is 0. The number of alkyl halides is 3. The second-order valence-electron chi connectivity index (χ2n) is 2.87. The highest BCUT2D eigenvalue weighted by Gasteiger charge is 2.48. The van der Waals surface area contributed by atoms with Gasteiger partial charge in [-0.1, -0.05) is 0 Å². The minimum Gasteiger partial charge on any atom is -0.626 e. The van der Waals surface area contributed by atoms with Gasteiger partial charge in [-0.25, -0.2) is 0 Å². The van der Waals surface area contributed by atoms with E-state index in [1.54, 1.807) is 0 Å². The molecular weight excluding hydrogens is 159 g/mol. The maximum Gasteiger partial charge on any atom is 0.561 e. The third-order valence-corrected chi connectivity index (χ3v) is 2.00. The molecule has 0 aliphatic carbocycles. The van der Waals surface area contributed by atoms with Gasteiger partial charge in [-0.15, -0.1) is 13.2 Å². The van der Waals surface area contributed by atoms with Gasteiger partial charge in [0.05, 0.1) is 13.1 Å². The van der Waals surface area contributed by atoms with Crippen LogP contribution in [0.5, 0.6) is 0 Å². The van der Waals surface area contributed by atoms with E-state index in [4.69, 9.17) is 0 Å². The fourth-order valence-electron chi connectivity index (χ4n) is 1.28. The molecule has 0 amide bonds. The predicted octanol–water partition coefficient (Wildman–Crippen LogP) is 2.00. The van der Waals surface area contributed by atoms with Crippen molar-refractivity contribution in [3.63, 3.8) is 0 Å². The van der Waals surface area contributed by atoms with Crippen molar-refractivity contribution in [2.24, 2.45) is 0 Å². The van der Waals surface area contributed by atoms with Gasteiger partial charge in [0.2, 0.25) is 0 Å². The summed E-state index contributed by atoms with van der Waals surface area (Å²) in [5, 5.41) is 11.0. The Morgan fingerprint density at radius 1 is 1.00 bits per heavy atom. The van der Waals surface area contributed by atoms with Crippen LogP contribution in [0.25, 0.3) is 0 Å². The highest BCUT2D eigenvalue weighted by atomic mass is 19.4. The predicted molar refractivity (Wildman–Crippen MR) is 33.3 cm³/mol. The first-order valence-corrected chi connectivity index (χ1v) is 3.61. The SMILES string of the molecule is [O-][N+]1(C(F)(F)F)CCCCC1. The molecule has 1 heterocycles. The standard InChI is InChI=1S/C6H10F3NO/c7-6(8,9)10(11)4-2-1-3-5-10/h1-5H2.